The van der Waals surface area contributed by atoms with E-state index in [-0.39, 0.29) is 58.4 Å². The molecule has 3 aromatic rings. The molecule has 0 saturated carbocycles. The van der Waals surface area contributed by atoms with Crippen LogP contribution >= 0.6 is 23.2 Å². The number of alkyl halides is 6. The molecule has 43 heavy (non-hydrogen) atoms. The monoisotopic (exact) mass is 669 g/mol. The van der Waals surface area contributed by atoms with Gasteiger partial charge < -0.3 is 9.64 Å². The molecule has 1 saturated heterocycles. The molecule has 0 bridgehead atoms. The third-order valence-corrected chi connectivity index (χ3v) is 8.91. The van der Waals surface area contributed by atoms with Crippen LogP contribution in [0.4, 0.5) is 26.3 Å². The Balaban J connectivity index is 1.80. The van der Waals surface area contributed by atoms with E-state index in [1.54, 1.807) is 0 Å². The van der Waals surface area contributed by atoms with E-state index in [2.05, 4.69) is 0 Å². The zero-order valence-electron chi connectivity index (χ0n) is 22.2. The summed E-state index contributed by atoms with van der Waals surface area (Å²) in [5.74, 6) is -0.815. The van der Waals surface area contributed by atoms with Crippen LogP contribution in [0.5, 0.6) is 0 Å². The lowest BCUT2D eigenvalue weighted by Crippen LogP contribution is -2.53. The smallest absolute Gasteiger partial charge is 0.362 e. The van der Waals surface area contributed by atoms with Crippen molar-refractivity contribution in [1.29, 1.82) is 0 Å². The van der Waals surface area contributed by atoms with Crippen LogP contribution in [0.1, 0.15) is 34.7 Å². The van der Waals surface area contributed by atoms with Crippen LogP contribution in [0.15, 0.2) is 65.6 Å². The van der Waals surface area contributed by atoms with E-state index < -0.39 is 57.1 Å². The van der Waals surface area contributed by atoms with Gasteiger partial charge in [0.2, 0.25) is 5.91 Å². The Bertz CT molecular complexity index is 1600. The largest absolute Gasteiger partial charge is 0.416 e. The Hall–Kier alpha value is -2.84. The molecule has 0 aliphatic carbocycles. The summed E-state index contributed by atoms with van der Waals surface area (Å²) in [6, 6.07) is 11.0. The number of hydrogen-bond acceptors (Lipinski definition) is 5. The lowest BCUT2D eigenvalue weighted by molar-refractivity contribution is -0.147. The predicted molar refractivity (Wildman–Crippen MR) is 145 cm³/mol. The fourth-order valence-electron chi connectivity index (χ4n) is 4.82. The maximum absolute atomic E-state index is 13.5. The van der Waals surface area contributed by atoms with Gasteiger partial charge in [0.25, 0.3) is 10.1 Å². The molecular formula is C28H23Cl2F6NO5S. The van der Waals surface area contributed by atoms with E-state index in [1.165, 1.54) is 54.3 Å². The summed E-state index contributed by atoms with van der Waals surface area (Å²) < 4.78 is 118. The Labute approximate surface area is 253 Å². The zero-order valence-corrected chi connectivity index (χ0v) is 24.6. The molecule has 0 radical (unpaired) electrons. The summed E-state index contributed by atoms with van der Waals surface area (Å²) in [6.45, 7) is 0.662. The first kappa shape index (κ1) is 33.1. The Kier molecular flexibility index (Phi) is 9.44. The van der Waals surface area contributed by atoms with Crippen LogP contribution in [0.25, 0.3) is 0 Å². The number of hydrogen-bond donors (Lipinski definition) is 0. The van der Waals surface area contributed by atoms with Crippen molar-refractivity contribution < 1.29 is 48.5 Å². The summed E-state index contributed by atoms with van der Waals surface area (Å²) in [4.78, 5) is 14.4. The number of halogens is 8. The molecular weight excluding hydrogens is 647 g/mol. The number of ether oxygens (including phenoxy) is 1. The normalized spacial score (nSPS) is 18.1. The SMILES string of the molecule is CCOS(=O)(=O)c1ccccc1C1(c2ccc(Cl)c(Cl)c2)CN(C(=O)Cc2cc(C(F)(F)F)cc(C(F)(F)F)c2)CCO1. The van der Waals surface area contributed by atoms with Gasteiger partial charge >= 0.3 is 12.4 Å². The molecule has 0 spiro atoms. The number of carbonyl (C=O) groups is 1. The highest BCUT2D eigenvalue weighted by molar-refractivity contribution is 7.86. The third-order valence-electron chi connectivity index (χ3n) is 6.73. The lowest BCUT2D eigenvalue weighted by atomic mass is 9.84. The number of nitrogens with zero attached hydrogens (tertiary/aromatic N) is 1. The lowest BCUT2D eigenvalue weighted by Gasteiger charge is -2.44. The number of rotatable bonds is 7. The summed E-state index contributed by atoms with van der Waals surface area (Å²) >= 11 is 12.4. The number of morpholine rings is 1. The zero-order chi connectivity index (χ0) is 31.8. The van der Waals surface area contributed by atoms with Gasteiger partial charge in [-0.2, -0.15) is 34.8 Å². The van der Waals surface area contributed by atoms with Crippen LogP contribution in [0, 0.1) is 0 Å². The summed E-state index contributed by atoms with van der Waals surface area (Å²) in [6.07, 6.45) is -11.0. The first-order valence-electron chi connectivity index (χ1n) is 12.6. The van der Waals surface area contributed by atoms with Gasteiger partial charge in [-0.1, -0.05) is 47.5 Å². The summed E-state index contributed by atoms with van der Waals surface area (Å²) in [7, 11) is -4.33. The van der Waals surface area contributed by atoms with E-state index in [4.69, 9.17) is 32.1 Å². The highest BCUT2D eigenvalue weighted by atomic mass is 35.5. The quantitative estimate of drug-likeness (QED) is 0.198. The molecule has 1 aliphatic rings. The van der Waals surface area contributed by atoms with E-state index in [0.29, 0.717) is 12.1 Å². The molecule has 0 aromatic heterocycles. The fraction of sp³-hybridized carbons (Fsp3) is 0.321. The molecule has 1 amide bonds. The number of benzene rings is 3. The minimum atomic E-state index is -5.09. The number of carbonyl (C=O) groups excluding carboxylic acids is 1. The average molecular weight is 670 g/mol. The van der Waals surface area contributed by atoms with Gasteiger partial charge in [0.1, 0.15) is 10.5 Å². The first-order valence-corrected chi connectivity index (χ1v) is 14.8. The van der Waals surface area contributed by atoms with Crippen molar-refractivity contribution in [2.24, 2.45) is 0 Å². The summed E-state index contributed by atoms with van der Waals surface area (Å²) in [5, 5.41) is 0.254. The molecule has 3 aromatic carbocycles. The maximum Gasteiger partial charge on any atom is 0.416 e. The van der Waals surface area contributed by atoms with Crippen LogP contribution in [-0.2, 0) is 48.2 Å². The molecule has 1 unspecified atom stereocenters. The molecule has 1 atom stereocenters. The maximum atomic E-state index is 13.5. The molecule has 1 heterocycles. The molecule has 6 nitrogen and oxygen atoms in total. The van der Waals surface area contributed by atoms with E-state index >= 15 is 0 Å². The summed E-state index contributed by atoms with van der Waals surface area (Å²) in [5.41, 5.74) is -4.94. The van der Waals surface area contributed by atoms with Gasteiger partial charge in [0.15, 0.2) is 0 Å². The van der Waals surface area contributed by atoms with Gasteiger partial charge in [0, 0.05) is 12.1 Å². The third kappa shape index (κ3) is 7.12. The van der Waals surface area contributed by atoms with Crippen LogP contribution < -0.4 is 0 Å². The molecule has 1 aliphatic heterocycles. The first-order chi connectivity index (χ1) is 20.0. The van der Waals surface area contributed by atoms with Crippen molar-refractivity contribution in [3.05, 3.63) is 98.5 Å². The van der Waals surface area contributed by atoms with Gasteiger partial charge in [-0.3, -0.25) is 8.98 Å². The van der Waals surface area contributed by atoms with Crippen LogP contribution in [-0.4, -0.2) is 45.5 Å². The number of amides is 1. The van der Waals surface area contributed by atoms with Gasteiger partial charge in [-0.15, -0.1) is 0 Å². The minimum Gasteiger partial charge on any atom is -0.362 e. The Morgan fingerprint density at radius 2 is 1.58 bits per heavy atom. The minimum absolute atomic E-state index is 0.0201. The Morgan fingerprint density at radius 3 is 2.16 bits per heavy atom. The van der Waals surface area contributed by atoms with Crippen molar-refractivity contribution in [3.63, 3.8) is 0 Å². The van der Waals surface area contributed by atoms with E-state index in [0.717, 1.165) is 0 Å². The van der Waals surface area contributed by atoms with Gasteiger partial charge in [0.05, 0.1) is 47.4 Å². The predicted octanol–water partition coefficient (Wildman–Crippen LogP) is 7.10. The molecule has 0 N–H and O–H groups in total. The van der Waals surface area contributed by atoms with Gasteiger partial charge in [-0.05, 0) is 54.4 Å². The topological polar surface area (TPSA) is 72.9 Å². The van der Waals surface area contributed by atoms with Gasteiger partial charge in [-0.25, -0.2) is 0 Å². The van der Waals surface area contributed by atoms with Crippen molar-refractivity contribution in [2.45, 2.75) is 36.2 Å². The fourth-order valence-corrected chi connectivity index (χ4v) is 6.30. The average Bonchev–Trinajstić information content (AvgIpc) is 2.93. The van der Waals surface area contributed by atoms with Crippen LogP contribution in [0.2, 0.25) is 10.0 Å². The molecule has 15 heteroatoms. The molecule has 1 fully saturated rings. The van der Waals surface area contributed by atoms with Crippen LogP contribution in [0.3, 0.4) is 0 Å². The highest BCUT2D eigenvalue weighted by Gasteiger charge is 2.45. The Morgan fingerprint density at radius 1 is 0.953 bits per heavy atom. The second-order valence-electron chi connectivity index (χ2n) is 9.57. The van der Waals surface area contributed by atoms with Crippen molar-refractivity contribution in [2.75, 3.05) is 26.3 Å². The highest BCUT2D eigenvalue weighted by Crippen LogP contribution is 2.43. The standard InChI is InChI=1S/C28H23Cl2F6NO5S/c1-2-42-43(39,40)24-6-4-3-5-21(24)26(18-7-8-22(29)23(30)15-18)16-37(9-10-41-26)25(38)13-17-11-19(27(31,32)33)14-20(12-17)28(34,35)36/h3-8,11-12,14-15H,2,9-10,13,16H2,1H3. The second-order valence-corrected chi connectivity index (χ2v) is 12.0. The second kappa shape index (κ2) is 12.3. The van der Waals surface area contributed by atoms with Crippen molar-refractivity contribution in [1.82, 2.24) is 4.90 Å². The van der Waals surface area contributed by atoms with Crippen molar-refractivity contribution >= 4 is 39.2 Å². The van der Waals surface area contributed by atoms with E-state index in [9.17, 15) is 39.6 Å². The molecule has 4 rings (SSSR count). The molecule has 232 valence electrons. The van der Waals surface area contributed by atoms with Crippen molar-refractivity contribution in [3.8, 4) is 0 Å². The van der Waals surface area contributed by atoms with E-state index in [1.807, 2.05) is 0 Å².